The van der Waals surface area contributed by atoms with Crippen LogP contribution in [0.4, 0.5) is 0 Å². The molecule has 0 radical (unpaired) electrons. The molecule has 0 saturated heterocycles. The Labute approximate surface area is 113 Å². The average molecular weight is 307 g/mol. The number of benzene rings is 2. The maximum Gasteiger partial charge on any atom is 0.343 e. The van der Waals surface area contributed by atoms with Gasteiger partial charge in [0.25, 0.3) is 0 Å². The summed E-state index contributed by atoms with van der Waals surface area (Å²) >= 11 is 3.32. The summed E-state index contributed by atoms with van der Waals surface area (Å²) in [7, 11) is 1.58. The average Bonchev–Trinajstić information content (AvgIpc) is 2.41. The zero-order valence-electron chi connectivity index (χ0n) is 9.72. The van der Waals surface area contributed by atoms with E-state index in [-0.39, 0.29) is 0 Å². The van der Waals surface area contributed by atoms with E-state index in [9.17, 15) is 4.79 Å². The van der Waals surface area contributed by atoms with E-state index >= 15 is 0 Å². The first kappa shape index (κ1) is 12.6. The Morgan fingerprint density at radius 1 is 1.06 bits per heavy atom. The summed E-state index contributed by atoms with van der Waals surface area (Å²) in [6.45, 7) is 0. The number of halogens is 1. The third-order valence-electron chi connectivity index (χ3n) is 2.37. The third kappa shape index (κ3) is 2.90. The van der Waals surface area contributed by atoms with Crippen molar-refractivity contribution in [2.75, 3.05) is 7.11 Å². The van der Waals surface area contributed by atoms with E-state index < -0.39 is 5.97 Å². The summed E-state index contributed by atoms with van der Waals surface area (Å²) < 4.78 is 11.0. The topological polar surface area (TPSA) is 35.5 Å². The van der Waals surface area contributed by atoms with Crippen molar-refractivity contribution in [3.8, 4) is 11.5 Å². The van der Waals surface area contributed by atoms with Gasteiger partial charge in [0.15, 0.2) is 0 Å². The number of carbonyl (C=O) groups is 1. The normalized spacial score (nSPS) is 9.89. The molecule has 0 bridgehead atoms. The standard InChI is InChI=1S/C14H11BrO3/c1-17-11-8-6-10(7-9-11)14(16)18-13-5-3-2-4-12(13)15/h2-9H,1H3. The smallest absolute Gasteiger partial charge is 0.343 e. The number of para-hydroxylation sites is 1. The highest BCUT2D eigenvalue weighted by molar-refractivity contribution is 9.10. The highest BCUT2D eigenvalue weighted by Gasteiger charge is 2.10. The largest absolute Gasteiger partial charge is 0.497 e. The predicted octanol–water partition coefficient (Wildman–Crippen LogP) is 3.68. The number of esters is 1. The quantitative estimate of drug-likeness (QED) is 0.641. The van der Waals surface area contributed by atoms with Crippen LogP contribution in [-0.4, -0.2) is 13.1 Å². The molecule has 0 unspecified atom stereocenters. The van der Waals surface area contributed by atoms with Gasteiger partial charge in [-0.25, -0.2) is 4.79 Å². The molecule has 0 aliphatic rings. The van der Waals surface area contributed by atoms with Gasteiger partial charge in [-0.05, 0) is 52.3 Å². The van der Waals surface area contributed by atoms with Crippen molar-refractivity contribution >= 4 is 21.9 Å². The molecule has 2 aromatic rings. The minimum Gasteiger partial charge on any atom is -0.497 e. The fourth-order valence-electron chi connectivity index (χ4n) is 1.41. The molecule has 3 nitrogen and oxygen atoms in total. The summed E-state index contributed by atoms with van der Waals surface area (Å²) in [6, 6.07) is 14.0. The third-order valence-corrected chi connectivity index (χ3v) is 3.02. The maximum atomic E-state index is 11.9. The fourth-order valence-corrected chi connectivity index (χ4v) is 1.78. The molecular weight excluding hydrogens is 296 g/mol. The lowest BCUT2D eigenvalue weighted by atomic mass is 10.2. The minimum absolute atomic E-state index is 0.399. The van der Waals surface area contributed by atoms with Gasteiger partial charge >= 0.3 is 5.97 Å². The van der Waals surface area contributed by atoms with Crippen LogP contribution in [0.5, 0.6) is 11.5 Å². The van der Waals surface area contributed by atoms with Crippen molar-refractivity contribution < 1.29 is 14.3 Å². The lowest BCUT2D eigenvalue weighted by Crippen LogP contribution is -2.08. The van der Waals surface area contributed by atoms with Gasteiger partial charge in [-0.15, -0.1) is 0 Å². The number of rotatable bonds is 3. The Morgan fingerprint density at radius 3 is 2.33 bits per heavy atom. The number of hydrogen-bond donors (Lipinski definition) is 0. The van der Waals surface area contributed by atoms with Gasteiger partial charge in [0.05, 0.1) is 17.1 Å². The van der Waals surface area contributed by atoms with Crippen LogP contribution in [0.3, 0.4) is 0 Å². The van der Waals surface area contributed by atoms with Crippen molar-refractivity contribution in [3.05, 3.63) is 58.6 Å². The van der Waals surface area contributed by atoms with Crippen molar-refractivity contribution in [2.24, 2.45) is 0 Å². The zero-order valence-corrected chi connectivity index (χ0v) is 11.3. The second-order valence-corrected chi connectivity index (χ2v) is 4.40. The summed E-state index contributed by atoms with van der Waals surface area (Å²) in [4.78, 5) is 11.9. The minimum atomic E-state index is -0.399. The van der Waals surface area contributed by atoms with Gasteiger partial charge in [-0.3, -0.25) is 0 Å². The molecule has 0 spiro atoms. The Bertz CT molecular complexity index is 549. The van der Waals surface area contributed by atoms with Crippen LogP contribution >= 0.6 is 15.9 Å². The summed E-state index contributed by atoms with van der Waals surface area (Å²) in [6.07, 6.45) is 0. The lowest BCUT2D eigenvalue weighted by molar-refractivity contribution is 0.0733. The number of carbonyl (C=O) groups excluding carboxylic acids is 1. The lowest BCUT2D eigenvalue weighted by Gasteiger charge is -2.06. The van der Waals surface area contributed by atoms with E-state index in [1.165, 1.54) is 0 Å². The first-order chi connectivity index (χ1) is 8.70. The second kappa shape index (κ2) is 5.69. The van der Waals surface area contributed by atoms with Crippen LogP contribution in [0.25, 0.3) is 0 Å². The van der Waals surface area contributed by atoms with E-state index in [1.54, 1.807) is 43.5 Å². The molecule has 2 aromatic carbocycles. The summed E-state index contributed by atoms with van der Waals surface area (Å²) in [5.41, 5.74) is 0.478. The van der Waals surface area contributed by atoms with Crippen molar-refractivity contribution in [1.82, 2.24) is 0 Å². The monoisotopic (exact) mass is 306 g/mol. The second-order valence-electron chi connectivity index (χ2n) is 3.55. The Hall–Kier alpha value is -1.81. The predicted molar refractivity (Wildman–Crippen MR) is 72.1 cm³/mol. The molecule has 0 fully saturated rings. The van der Waals surface area contributed by atoms with Crippen molar-refractivity contribution in [3.63, 3.8) is 0 Å². The van der Waals surface area contributed by atoms with Crippen LogP contribution in [-0.2, 0) is 0 Å². The molecule has 0 N–H and O–H groups in total. The summed E-state index contributed by atoms with van der Waals surface area (Å²) in [5.74, 6) is 0.801. The molecule has 0 aliphatic carbocycles. The fraction of sp³-hybridized carbons (Fsp3) is 0.0714. The molecule has 0 atom stereocenters. The maximum absolute atomic E-state index is 11.9. The number of hydrogen-bond acceptors (Lipinski definition) is 3. The van der Waals surface area contributed by atoms with E-state index in [0.29, 0.717) is 17.1 Å². The Balaban J connectivity index is 2.14. The van der Waals surface area contributed by atoms with E-state index in [2.05, 4.69) is 15.9 Å². The molecule has 0 aliphatic heterocycles. The number of ether oxygens (including phenoxy) is 2. The molecular formula is C14H11BrO3. The van der Waals surface area contributed by atoms with E-state index in [0.717, 1.165) is 4.47 Å². The van der Waals surface area contributed by atoms with Gasteiger partial charge in [-0.1, -0.05) is 12.1 Å². The highest BCUT2D eigenvalue weighted by Crippen LogP contribution is 2.24. The molecule has 0 heterocycles. The van der Waals surface area contributed by atoms with Gasteiger partial charge in [-0.2, -0.15) is 0 Å². The van der Waals surface area contributed by atoms with Gasteiger partial charge in [0.2, 0.25) is 0 Å². The molecule has 0 amide bonds. The summed E-state index contributed by atoms with van der Waals surface area (Å²) in [5, 5.41) is 0. The Morgan fingerprint density at radius 2 is 1.72 bits per heavy atom. The Kier molecular flexibility index (Phi) is 3.99. The molecule has 0 aromatic heterocycles. The molecule has 18 heavy (non-hydrogen) atoms. The number of methoxy groups -OCH3 is 1. The van der Waals surface area contributed by atoms with Crippen LogP contribution in [0.15, 0.2) is 53.0 Å². The molecule has 0 saturated carbocycles. The van der Waals surface area contributed by atoms with Crippen molar-refractivity contribution in [2.45, 2.75) is 0 Å². The van der Waals surface area contributed by atoms with Crippen LogP contribution in [0.2, 0.25) is 0 Å². The van der Waals surface area contributed by atoms with Gasteiger partial charge in [0, 0.05) is 0 Å². The molecule has 4 heteroatoms. The molecule has 2 rings (SSSR count). The van der Waals surface area contributed by atoms with Gasteiger partial charge in [0.1, 0.15) is 11.5 Å². The van der Waals surface area contributed by atoms with E-state index in [4.69, 9.17) is 9.47 Å². The zero-order chi connectivity index (χ0) is 13.0. The van der Waals surface area contributed by atoms with Crippen LogP contribution in [0.1, 0.15) is 10.4 Å². The van der Waals surface area contributed by atoms with Crippen LogP contribution < -0.4 is 9.47 Å². The van der Waals surface area contributed by atoms with E-state index in [1.807, 2.05) is 12.1 Å². The van der Waals surface area contributed by atoms with Gasteiger partial charge < -0.3 is 9.47 Å². The molecule has 92 valence electrons. The van der Waals surface area contributed by atoms with Crippen molar-refractivity contribution in [1.29, 1.82) is 0 Å². The first-order valence-corrected chi connectivity index (χ1v) is 6.11. The highest BCUT2D eigenvalue weighted by atomic mass is 79.9. The SMILES string of the molecule is COc1ccc(C(=O)Oc2ccccc2Br)cc1. The first-order valence-electron chi connectivity index (χ1n) is 5.31. The van der Waals surface area contributed by atoms with Crippen LogP contribution in [0, 0.1) is 0 Å².